The van der Waals surface area contributed by atoms with Gasteiger partial charge in [-0.1, -0.05) is 24.3 Å². The average molecular weight is 379 g/mol. The highest BCUT2D eigenvalue weighted by Gasteiger charge is 2.43. The van der Waals surface area contributed by atoms with Gasteiger partial charge in [0.2, 0.25) is 5.91 Å². The molecule has 2 amide bonds. The molecule has 1 N–H and O–H groups in total. The van der Waals surface area contributed by atoms with Crippen molar-refractivity contribution >= 4 is 17.5 Å². The number of rotatable bonds is 6. The summed E-state index contributed by atoms with van der Waals surface area (Å²) < 4.78 is 10.3. The maximum absolute atomic E-state index is 13.2. The maximum atomic E-state index is 13.2. The van der Waals surface area contributed by atoms with Gasteiger partial charge in [0.05, 0.1) is 25.7 Å². The number of hydrogen-bond donors (Lipinski definition) is 1. The molecule has 0 saturated heterocycles. The van der Waals surface area contributed by atoms with Gasteiger partial charge in [-0.2, -0.15) is 5.26 Å². The molecule has 0 saturated carbocycles. The molecule has 2 aromatic carbocycles. The van der Waals surface area contributed by atoms with E-state index in [1.165, 1.54) is 12.0 Å². The Kier molecular flexibility index (Phi) is 5.92. The molecule has 0 fully saturated rings. The number of amides is 2. The van der Waals surface area contributed by atoms with Crippen LogP contribution in [0.5, 0.6) is 5.75 Å². The minimum absolute atomic E-state index is 0.227. The summed E-state index contributed by atoms with van der Waals surface area (Å²) in [6, 6.07) is 15.1. The normalized spacial score (nSPS) is 18.2. The number of benzene rings is 2. The van der Waals surface area contributed by atoms with Gasteiger partial charge in [-0.15, -0.1) is 0 Å². The van der Waals surface area contributed by atoms with E-state index in [2.05, 4.69) is 11.4 Å². The van der Waals surface area contributed by atoms with Crippen LogP contribution in [0.2, 0.25) is 0 Å². The summed E-state index contributed by atoms with van der Waals surface area (Å²) in [6.07, 6.45) is 0. The molecule has 0 spiro atoms. The van der Waals surface area contributed by atoms with Crippen LogP contribution < -0.4 is 10.1 Å². The van der Waals surface area contributed by atoms with E-state index < -0.39 is 12.0 Å². The fourth-order valence-corrected chi connectivity index (χ4v) is 3.37. The number of carbonyl (C=O) groups is 2. The predicted octanol–water partition coefficient (Wildman–Crippen LogP) is 2.41. The summed E-state index contributed by atoms with van der Waals surface area (Å²) in [4.78, 5) is 27.4. The van der Waals surface area contributed by atoms with Crippen molar-refractivity contribution < 1.29 is 19.1 Å². The zero-order chi connectivity index (χ0) is 20.1. The molecule has 2 aromatic rings. The summed E-state index contributed by atoms with van der Waals surface area (Å²) in [7, 11) is 3.07. The number of carbonyl (C=O) groups excluding carboxylic acids is 2. The average Bonchev–Trinajstić information content (AvgIpc) is 2.72. The Labute approximate surface area is 163 Å². The second-order valence-corrected chi connectivity index (χ2v) is 6.35. The van der Waals surface area contributed by atoms with E-state index in [4.69, 9.17) is 9.47 Å². The fraction of sp³-hybridized carbons (Fsp3) is 0.286. The van der Waals surface area contributed by atoms with Crippen molar-refractivity contribution in [3.8, 4) is 11.8 Å². The molecule has 1 aliphatic heterocycles. The first-order valence-electron chi connectivity index (χ1n) is 8.84. The Hall–Kier alpha value is -3.37. The van der Waals surface area contributed by atoms with Crippen LogP contribution in [0.15, 0.2) is 48.5 Å². The lowest BCUT2D eigenvalue weighted by Crippen LogP contribution is -2.51. The van der Waals surface area contributed by atoms with Crippen LogP contribution in [0.25, 0.3) is 0 Å². The minimum atomic E-state index is -0.928. The summed E-state index contributed by atoms with van der Waals surface area (Å²) >= 11 is 0. The molecular weight excluding hydrogens is 358 g/mol. The summed E-state index contributed by atoms with van der Waals surface area (Å²) in [5.74, 6) is -0.843. The van der Waals surface area contributed by atoms with E-state index in [0.29, 0.717) is 22.6 Å². The Morgan fingerprint density at radius 2 is 2.00 bits per heavy atom. The molecule has 2 unspecified atom stereocenters. The Balaban J connectivity index is 1.98. The van der Waals surface area contributed by atoms with Crippen LogP contribution in [-0.2, 0) is 9.53 Å². The first kappa shape index (κ1) is 19.4. The van der Waals surface area contributed by atoms with Gasteiger partial charge >= 0.3 is 0 Å². The second kappa shape index (κ2) is 8.55. The van der Waals surface area contributed by atoms with Gasteiger partial charge in [0, 0.05) is 31.0 Å². The summed E-state index contributed by atoms with van der Waals surface area (Å²) in [5, 5.41) is 12.6. The van der Waals surface area contributed by atoms with Crippen LogP contribution >= 0.6 is 0 Å². The summed E-state index contributed by atoms with van der Waals surface area (Å²) in [5.41, 5.74) is 1.53. The van der Waals surface area contributed by atoms with Crippen molar-refractivity contribution in [2.24, 2.45) is 0 Å². The van der Waals surface area contributed by atoms with Crippen molar-refractivity contribution in [2.45, 2.75) is 12.0 Å². The van der Waals surface area contributed by atoms with E-state index in [1.807, 2.05) is 0 Å². The van der Waals surface area contributed by atoms with E-state index >= 15 is 0 Å². The van der Waals surface area contributed by atoms with Gasteiger partial charge in [-0.3, -0.25) is 9.59 Å². The Morgan fingerprint density at radius 1 is 1.21 bits per heavy atom. The van der Waals surface area contributed by atoms with Gasteiger partial charge in [-0.25, -0.2) is 0 Å². The molecule has 2 atom stereocenters. The van der Waals surface area contributed by atoms with Gasteiger partial charge in [0.15, 0.2) is 0 Å². The Morgan fingerprint density at radius 3 is 2.71 bits per heavy atom. The quantitative estimate of drug-likeness (QED) is 0.832. The number of hydrogen-bond acceptors (Lipinski definition) is 5. The summed E-state index contributed by atoms with van der Waals surface area (Å²) in [6.45, 7) is 0.501. The maximum Gasteiger partial charge on any atom is 0.255 e. The molecule has 28 heavy (non-hydrogen) atoms. The van der Waals surface area contributed by atoms with Gasteiger partial charge < -0.3 is 19.7 Å². The molecule has 7 heteroatoms. The van der Waals surface area contributed by atoms with Crippen molar-refractivity contribution in [1.29, 1.82) is 5.26 Å². The molecule has 1 heterocycles. The lowest BCUT2D eigenvalue weighted by Gasteiger charge is -2.37. The van der Waals surface area contributed by atoms with Crippen LogP contribution in [0, 0.1) is 11.3 Å². The standard InChI is InChI=1S/C21H21N3O4/c1-27-11-10-24-18(13-22)19(16-8-3-4-9-17(16)21(24)26)20(25)23-14-6-5-7-15(12-14)28-2/h3-9,12,18-19H,10-11H2,1-2H3,(H,23,25). The van der Waals surface area contributed by atoms with Crippen molar-refractivity contribution in [2.75, 3.05) is 32.7 Å². The smallest absolute Gasteiger partial charge is 0.255 e. The fourth-order valence-electron chi connectivity index (χ4n) is 3.37. The number of ether oxygens (including phenoxy) is 2. The molecule has 0 aliphatic carbocycles. The SMILES string of the molecule is COCCN1C(=O)c2ccccc2C(C(=O)Nc2cccc(OC)c2)C1C#N. The topological polar surface area (TPSA) is 91.7 Å². The predicted molar refractivity (Wildman–Crippen MR) is 103 cm³/mol. The third-order valence-electron chi connectivity index (χ3n) is 4.73. The highest BCUT2D eigenvalue weighted by molar-refractivity contribution is 6.04. The highest BCUT2D eigenvalue weighted by Crippen LogP contribution is 2.34. The number of nitrogens with zero attached hydrogens (tertiary/aromatic N) is 2. The highest BCUT2D eigenvalue weighted by atomic mass is 16.5. The van der Waals surface area contributed by atoms with Crippen LogP contribution in [0.4, 0.5) is 5.69 Å². The molecule has 144 valence electrons. The number of nitriles is 1. The first-order valence-corrected chi connectivity index (χ1v) is 8.84. The molecule has 7 nitrogen and oxygen atoms in total. The number of fused-ring (bicyclic) bond motifs is 1. The van der Waals surface area contributed by atoms with Gasteiger partial charge in [0.1, 0.15) is 11.8 Å². The number of methoxy groups -OCH3 is 2. The molecular formula is C21H21N3O4. The van der Waals surface area contributed by atoms with Crippen molar-refractivity contribution in [1.82, 2.24) is 4.90 Å². The van der Waals surface area contributed by atoms with Crippen LogP contribution in [0.1, 0.15) is 21.8 Å². The van der Waals surface area contributed by atoms with Crippen molar-refractivity contribution in [3.63, 3.8) is 0 Å². The van der Waals surface area contributed by atoms with E-state index in [1.54, 1.807) is 55.6 Å². The number of anilines is 1. The molecule has 0 radical (unpaired) electrons. The largest absolute Gasteiger partial charge is 0.497 e. The lowest BCUT2D eigenvalue weighted by molar-refractivity contribution is -0.118. The molecule has 0 aromatic heterocycles. The molecule has 3 rings (SSSR count). The minimum Gasteiger partial charge on any atom is -0.497 e. The third kappa shape index (κ3) is 3.68. The zero-order valence-electron chi connectivity index (χ0n) is 15.7. The zero-order valence-corrected chi connectivity index (χ0v) is 15.7. The lowest BCUT2D eigenvalue weighted by atomic mass is 9.82. The van der Waals surface area contributed by atoms with E-state index in [-0.39, 0.29) is 25.0 Å². The second-order valence-electron chi connectivity index (χ2n) is 6.35. The molecule has 0 bridgehead atoms. The third-order valence-corrected chi connectivity index (χ3v) is 4.73. The van der Waals surface area contributed by atoms with E-state index in [0.717, 1.165) is 0 Å². The number of nitrogens with one attached hydrogen (secondary N) is 1. The Bertz CT molecular complexity index is 922. The first-order chi connectivity index (χ1) is 13.6. The van der Waals surface area contributed by atoms with Crippen molar-refractivity contribution in [3.05, 3.63) is 59.7 Å². The van der Waals surface area contributed by atoms with Crippen LogP contribution in [-0.4, -0.2) is 50.1 Å². The molecule has 1 aliphatic rings. The van der Waals surface area contributed by atoms with Crippen LogP contribution in [0.3, 0.4) is 0 Å². The van der Waals surface area contributed by atoms with Gasteiger partial charge in [-0.05, 0) is 23.8 Å². The monoisotopic (exact) mass is 379 g/mol. The van der Waals surface area contributed by atoms with E-state index in [9.17, 15) is 14.9 Å². The van der Waals surface area contributed by atoms with Gasteiger partial charge in [0.25, 0.3) is 5.91 Å².